The van der Waals surface area contributed by atoms with Gasteiger partial charge in [-0.05, 0) is 51.1 Å². The summed E-state index contributed by atoms with van der Waals surface area (Å²) in [6, 6.07) is 11.7. The van der Waals surface area contributed by atoms with Gasteiger partial charge in [-0.15, -0.1) is 0 Å². The monoisotopic (exact) mass is 343 g/mol. The number of carboxylic acids is 1. The Morgan fingerprint density at radius 3 is 2.40 bits per heavy atom. The fourth-order valence-corrected chi connectivity index (χ4v) is 2.09. The van der Waals surface area contributed by atoms with Gasteiger partial charge in [-0.25, -0.2) is 4.79 Å². The molecule has 2 aromatic rings. The summed E-state index contributed by atoms with van der Waals surface area (Å²) in [5.74, 6) is -0.499. The van der Waals surface area contributed by atoms with Crippen LogP contribution in [0.15, 0.2) is 42.5 Å². The van der Waals surface area contributed by atoms with Crippen LogP contribution >= 0.6 is 0 Å². The number of nitrogens with one attached hydrogen (secondary N) is 1. The molecule has 132 valence electrons. The first kappa shape index (κ1) is 18.3. The van der Waals surface area contributed by atoms with Gasteiger partial charge in [-0.1, -0.05) is 17.7 Å². The van der Waals surface area contributed by atoms with Gasteiger partial charge < -0.3 is 19.9 Å². The molecule has 0 saturated heterocycles. The van der Waals surface area contributed by atoms with Crippen LogP contribution in [-0.4, -0.2) is 29.7 Å². The fourth-order valence-electron chi connectivity index (χ4n) is 2.09. The zero-order valence-corrected chi connectivity index (χ0v) is 14.4. The van der Waals surface area contributed by atoms with E-state index in [-0.39, 0.29) is 18.3 Å². The second kappa shape index (κ2) is 8.19. The van der Waals surface area contributed by atoms with Crippen LogP contribution in [0.1, 0.15) is 29.8 Å². The lowest BCUT2D eigenvalue weighted by molar-refractivity contribution is -0.118. The number of benzene rings is 2. The molecule has 0 unspecified atom stereocenters. The SMILES string of the molecule is Cc1ccc(OCC(=O)Nc2cc(C(=O)O)ccc2OC(C)C)cc1. The smallest absolute Gasteiger partial charge is 0.335 e. The molecule has 0 atom stereocenters. The summed E-state index contributed by atoms with van der Waals surface area (Å²) in [5.41, 5.74) is 1.45. The van der Waals surface area contributed by atoms with E-state index < -0.39 is 11.9 Å². The zero-order valence-electron chi connectivity index (χ0n) is 14.4. The van der Waals surface area contributed by atoms with Gasteiger partial charge in [-0.2, -0.15) is 0 Å². The van der Waals surface area contributed by atoms with Crippen LogP contribution < -0.4 is 14.8 Å². The van der Waals surface area contributed by atoms with Gasteiger partial charge >= 0.3 is 5.97 Å². The van der Waals surface area contributed by atoms with Gasteiger partial charge in [0.1, 0.15) is 11.5 Å². The number of anilines is 1. The average Bonchev–Trinajstić information content (AvgIpc) is 2.55. The molecule has 0 bridgehead atoms. The second-order valence-electron chi connectivity index (χ2n) is 5.83. The van der Waals surface area contributed by atoms with Gasteiger partial charge in [0.25, 0.3) is 5.91 Å². The van der Waals surface area contributed by atoms with Crippen molar-refractivity contribution >= 4 is 17.6 Å². The summed E-state index contributed by atoms with van der Waals surface area (Å²) < 4.78 is 11.0. The molecule has 1 amide bonds. The van der Waals surface area contributed by atoms with E-state index in [1.54, 1.807) is 12.1 Å². The van der Waals surface area contributed by atoms with E-state index in [1.807, 2.05) is 32.9 Å². The Labute approximate surface area is 146 Å². The molecule has 2 rings (SSSR count). The van der Waals surface area contributed by atoms with E-state index >= 15 is 0 Å². The molecule has 0 radical (unpaired) electrons. The lowest BCUT2D eigenvalue weighted by atomic mass is 10.2. The molecular formula is C19H21NO5. The highest BCUT2D eigenvalue weighted by Gasteiger charge is 2.13. The fraction of sp³-hybridized carbons (Fsp3) is 0.263. The Kier molecular flexibility index (Phi) is 6.00. The van der Waals surface area contributed by atoms with Crippen molar-refractivity contribution in [3.63, 3.8) is 0 Å². The van der Waals surface area contributed by atoms with Crippen molar-refractivity contribution in [2.75, 3.05) is 11.9 Å². The van der Waals surface area contributed by atoms with Crippen LogP contribution in [0.4, 0.5) is 5.69 Å². The number of aromatic carboxylic acids is 1. The molecule has 0 aliphatic carbocycles. The number of rotatable bonds is 7. The minimum Gasteiger partial charge on any atom is -0.489 e. The maximum atomic E-state index is 12.1. The molecule has 2 aromatic carbocycles. The standard InChI is InChI=1S/C19H21NO5/c1-12(2)25-17-9-6-14(19(22)23)10-16(17)20-18(21)11-24-15-7-4-13(3)5-8-15/h4-10,12H,11H2,1-3H3,(H,20,21)(H,22,23). The van der Waals surface area contributed by atoms with E-state index in [2.05, 4.69) is 5.32 Å². The highest BCUT2D eigenvalue weighted by molar-refractivity contribution is 5.96. The van der Waals surface area contributed by atoms with E-state index in [9.17, 15) is 9.59 Å². The lowest BCUT2D eigenvalue weighted by Gasteiger charge is -2.16. The van der Waals surface area contributed by atoms with Gasteiger partial charge in [0.15, 0.2) is 6.61 Å². The highest BCUT2D eigenvalue weighted by Crippen LogP contribution is 2.27. The quantitative estimate of drug-likeness (QED) is 0.804. The summed E-state index contributed by atoms with van der Waals surface area (Å²) in [4.78, 5) is 23.3. The maximum Gasteiger partial charge on any atom is 0.335 e. The van der Waals surface area contributed by atoms with Crippen LogP contribution in [0.3, 0.4) is 0 Å². The molecule has 0 spiro atoms. The number of hydrogen-bond donors (Lipinski definition) is 2. The second-order valence-corrected chi connectivity index (χ2v) is 5.83. The van der Waals surface area contributed by atoms with E-state index in [1.165, 1.54) is 18.2 Å². The third-order valence-electron chi connectivity index (χ3n) is 3.25. The topological polar surface area (TPSA) is 84.9 Å². The van der Waals surface area contributed by atoms with Crippen LogP contribution in [0, 0.1) is 6.92 Å². The first-order valence-electron chi connectivity index (χ1n) is 7.88. The third-order valence-corrected chi connectivity index (χ3v) is 3.25. The highest BCUT2D eigenvalue weighted by atomic mass is 16.5. The molecule has 6 heteroatoms. The van der Waals surface area contributed by atoms with Crippen molar-refractivity contribution in [2.45, 2.75) is 26.9 Å². The first-order valence-corrected chi connectivity index (χ1v) is 7.88. The van der Waals surface area contributed by atoms with Crippen molar-refractivity contribution in [3.05, 3.63) is 53.6 Å². The number of amides is 1. The molecule has 0 aromatic heterocycles. The molecule has 6 nitrogen and oxygen atoms in total. The van der Waals surface area contributed by atoms with Crippen LogP contribution in [0.2, 0.25) is 0 Å². The van der Waals surface area contributed by atoms with Gasteiger partial charge in [0.05, 0.1) is 17.4 Å². The van der Waals surface area contributed by atoms with Gasteiger partial charge in [0.2, 0.25) is 0 Å². The van der Waals surface area contributed by atoms with Gasteiger partial charge in [-0.3, -0.25) is 4.79 Å². The van der Waals surface area contributed by atoms with Gasteiger partial charge in [0, 0.05) is 0 Å². The molecule has 0 heterocycles. The number of hydrogen-bond acceptors (Lipinski definition) is 4. The van der Waals surface area contributed by atoms with Crippen molar-refractivity contribution < 1.29 is 24.2 Å². The van der Waals surface area contributed by atoms with Crippen LogP contribution in [0.25, 0.3) is 0 Å². The minimum atomic E-state index is -1.08. The Hall–Kier alpha value is -3.02. The normalized spacial score (nSPS) is 10.4. The third kappa shape index (κ3) is 5.53. The molecule has 0 aliphatic heterocycles. The van der Waals surface area contributed by atoms with Crippen molar-refractivity contribution in [1.29, 1.82) is 0 Å². The molecule has 0 fully saturated rings. The number of carbonyl (C=O) groups is 2. The zero-order chi connectivity index (χ0) is 18.4. The minimum absolute atomic E-state index is 0.0610. The molecule has 0 saturated carbocycles. The molecule has 2 N–H and O–H groups in total. The van der Waals surface area contributed by atoms with Crippen molar-refractivity contribution in [1.82, 2.24) is 0 Å². The van der Waals surface area contributed by atoms with Crippen LogP contribution in [0.5, 0.6) is 11.5 Å². The van der Waals surface area contributed by atoms with E-state index in [4.69, 9.17) is 14.6 Å². The average molecular weight is 343 g/mol. The number of carbonyl (C=O) groups excluding carboxylic acids is 1. The summed E-state index contributed by atoms with van der Waals surface area (Å²) in [6.45, 7) is 5.46. The van der Waals surface area contributed by atoms with E-state index in [0.29, 0.717) is 17.2 Å². The Morgan fingerprint density at radius 1 is 1.12 bits per heavy atom. The Balaban J connectivity index is 2.08. The van der Waals surface area contributed by atoms with Crippen LogP contribution in [-0.2, 0) is 4.79 Å². The molecule has 25 heavy (non-hydrogen) atoms. The number of carboxylic acid groups (broad SMARTS) is 1. The van der Waals surface area contributed by atoms with E-state index in [0.717, 1.165) is 5.56 Å². The lowest BCUT2D eigenvalue weighted by Crippen LogP contribution is -2.21. The molecular weight excluding hydrogens is 322 g/mol. The predicted molar refractivity (Wildman–Crippen MR) is 94.5 cm³/mol. The Bertz CT molecular complexity index is 753. The largest absolute Gasteiger partial charge is 0.489 e. The number of aryl methyl sites for hydroxylation is 1. The predicted octanol–water partition coefficient (Wildman–Crippen LogP) is 3.50. The summed E-state index contributed by atoms with van der Waals surface area (Å²) in [5, 5.41) is 11.8. The molecule has 0 aliphatic rings. The maximum absolute atomic E-state index is 12.1. The summed E-state index contributed by atoms with van der Waals surface area (Å²) in [6.07, 6.45) is -0.116. The first-order chi connectivity index (χ1) is 11.8. The summed E-state index contributed by atoms with van der Waals surface area (Å²) >= 11 is 0. The summed E-state index contributed by atoms with van der Waals surface area (Å²) in [7, 11) is 0. The number of ether oxygens (including phenoxy) is 2. The van der Waals surface area contributed by atoms with Crippen molar-refractivity contribution in [2.24, 2.45) is 0 Å². The van der Waals surface area contributed by atoms with Crippen molar-refractivity contribution in [3.8, 4) is 11.5 Å². The Morgan fingerprint density at radius 2 is 1.80 bits per heavy atom.